The van der Waals surface area contributed by atoms with Gasteiger partial charge in [-0.15, -0.1) is 0 Å². The van der Waals surface area contributed by atoms with Crippen LogP contribution in [0, 0.1) is 0 Å². The lowest BCUT2D eigenvalue weighted by molar-refractivity contribution is -0.138. The number of aliphatic hydroxyl groups excluding tert-OH is 3. The first-order valence-electron chi connectivity index (χ1n) is 4.05. The molecule has 0 atom stereocenters. The largest absolute Gasteiger partial charge is 0.481 e. The number of rotatable bonds is 5. The van der Waals surface area contributed by atoms with Crippen molar-refractivity contribution in [1.82, 2.24) is 0 Å². The number of carboxylic acid groups (broad SMARTS) is 1. The SMILES string of the molecule is CC(=O)CCC(=O)O.OCC(O)CO. The highest BCUT2D eigenvalue weighted by molar-refractivity contribution is 5.80. The van der Waals surface area contributed by atoms with Crippen molar-refractivity contribution < 1.29 is 30.0 Å². The Morgan fingerprint density at radius 3 is 1.64 bits per heavy atom. The maximum Gasteiger partial charge on any atom is 0.303 e. The number of aliphatic hydroxyl groups is 3. The van der Waals surface area contributed by atoms with E-state index in [1.807, 2.05) is 0 Å². The van der Waals surface area contributed by atoms with Crippen LogP contribution in [0.25, 0.3) is 0 Å². The summed E-state index contributed by atoms with van der Waals surface area (Å²) >= 11 is 0. The van der Waals surface area contributed by atoms with Gasteiger partial charge in [0, 0.05) is 6.42 Å². The maximum atomic E-state index is 10.1. The van der Waals surface area contributed by atoms with E-state index < -0.39 is 12.1 Å². The Kier molecular flexibility index (Phi) is 11.2. The molecule has 0 spiro atoms. The van der Waals surface area contributed by atoms with Gasteiger partial charge in [0.15, 0.2) is 0 Å². The summed E-state index contributed by atoms with van der Waals surface area (Å²) in [5, 5.41) is 32.0. The van der Waals surface area contributed by atoms with E-state index in [1.54, 1.807) is 0 Å². The molecule has 14 heavy (non-hydrogen) atoms. The standard InChI is InChI=1S/C5H8O3.C3H8O3/c1-4(6)2-3-5(7)8;4-1-3(6)2-5/h2-3H2,1H3,(H,7,8);3-6H,1-2H2. The van der Waals surface area contributed by atoms with Crippen molar-refractivity contribution in [3.8, 4) is 0 Å². The summed E-state index contributed by atoms with van der Waals surface area (Å²) in [5.41, 5.74) is 0. The molecule has 0 aromatic heterocycles. The van der Waals surface area contributed by atoms with E-state index in [0.717, 1.165) is 0 Å². The Hall–Kier alpha value is -0.980. The number of Topliss-reactive ketones (excluding diaryl/α,β-unsaturated/α-hetero) is 1. The highest BCUT2D eigenvalue weighted by Crippen LogP contribution is 1.87. The van der Waals surface area contributed by atoms with Gasteiger partial charge < -0.3 is 25.2 Å². The molecule has 0 unspecified atom stereocenters. The average molecular weight is 208 g/mol. The lowest BCUT2D eigenvalue weighted by Crippen LogP contribution is -2.15. The smallest absolute Gasteiger partial charge is 0.303 e. The van der Waals surface area contributed by atoms with Crippen LogP contribution in [0.2, 0.25) is 0 Å². The fourth-order valence-electron chi connectivity index (χ4n) is 0.341. The predicted molar refractivity (Wildman–Crippen MR) is 47.7 cm³/mol. The van der Waals surface area contributed by atoms with E-state index >= 15 is 0 Å². The third kappa shape index (κ3) is 17.2. The first-order valence-corrected chi connectivity index (χ1v) is 4.05. The molecule has 6 nitrogen and oxygen atoms in total. The zero-order valence-corrected chi connectivity index (χ0v) is 8.01. The molecule has 0 aromatic carbocycles. The fraction of sp³-hybridized carbons (Fsp3) is 0.750. The molecule has 4 N–H and O–H groups in total. The van der Waals surface area contributed by atoms with E-state index in [4.69, 9.17) is 20.4 Å². The van der Waals surface area contributed by atoms with Gasteiger partial charge in [-0.3, -0.25) is 4.79 Å². The van der Waals surface area contributed by atoms with Gasteiger partial charge in [-0.25, -0.2) is 0 Å². The molecule has 0 aromatic rings. The van der Waals surface area contributed by atoms with Crippen molar-refractivity contribution >= 4 is 11.8 Å². The Labute approximate surface area is 81.8 Å². The molecule has 0 saturated heterocycles. The van der Waals surface area contributed by atoms with E-state index in [2.05, 4.69) is 0 Å². The molecule has 0 heterocycles. The number of hydrogen-bond acceptors (Lipinski definition) is 5. The highest BCUT2D eigenvalue weighted by atomic mass is 16.4. The molecule has 0 radical (unpaired) electrons. The van der Waals surface area contributed by atoms with E-state index in [1.165, 1.54) is 6.92 Å². The van der Waals surface area contributed by atoms with Crippen LogP contribution in [-0.4, -0.2) is 51.5 Å². The Balaban J connectivity index is 0. The first-order chi connectivity index (χ1) is 6.43. The van der Waals surface area contributed by atoms with Crippen LogP contribution in [0.4, 0.5) is 0 Å². The van der Waals surface area contributed by atoms with Gasteiger partial charge in [0.2, 0.25) is 0 Å². The van der Waals surface area contributed by atoms with Gasteiger partial charge >= 0.3 is 5.97 Å². The molecule has 0 rings (SSSR count). The van der Waals surface area contributed by atoms with Gasteiger partial charge in [-0.1, -0.05) is 0 Å². The van der Waals surface area contributed by atoms with E-state index in [9.17, 15) is 9.59 Å². The second-order valence-corrected chi connectivity index (χ2v) is 2.61. The summed E-state index contributed by atoms with van der Waals surface area (Å²) in [7, 11) is 0. The average Bonchev–Trinajstić information content (AvgIpc) is 2.14. The second kappa shape index (κ2) is 10.1. The zero-order valence-electron chi connectivity index (χ0n) is 8.01. The lowest BCUT2D eigenvalue weighted by Gasteiger charge is -1.96. The van der Waals surface area contributed by atoms with Crippen LogP contribution in [0.1, 0.15) is 19.8 Å². The highest BCUT2D eigenvalue weighted by Gasteiger charge is 1.97. The van der Waals surface area contributed by atoms with Crippen LogP contribution in [0.3, 0.4) is 0 Å². The van der Waals surface area contributed by atoms with Crippen LogP contribution >= 0.6 is 0 Å². The molecular weight excluding hydrogens is 192 g/mol. The van der Waals surface area contributed by atoms with Gasteiger partial charge in [-0.05, 0) is 6.92 Å². The number of aliphatic carboxylic acids is 1. The van der Waals surface area contributed by atoms with Crippen LogP contribution < -0.4 is 0 Å². The third-order valence-electron chi connectivity index (χ3n) is 1.11. The van der Waals surface area contributed by atoms with Crippen LogP contribution in [0.5, 0.6) is 0 Å². The van der Waals surface area contributed by atoms with Crippen molar-refractivity contribution in [1.29, 1.82) is 0 Å². The minimum Gasteiger partial charge on any atom is -0.481 e. The molecule has 0 bridgehead atoms. The van der Waals surface area contributed by atoms with Crippen molar-refractivity contribution in [2.75, 3.05) is 13.2 Å². The minimum absolute atomic E-state index is 0.0463. The first kappa shape index (κ1) is 15.5. The van der Waals surface area contributed by atoms with Crippen molar-refractivity contribution in [2.45, 2.75) is 25.9 Å². The fourth-order valence-corrected chi connectivity index (χ4v) is 0.341. The quantitative estimate of drug-likeness (QED) is 0.450. The number of carbonyl (C=O) groups is 2. The molecule has 84 valence electrons. The van der Waals surface area contributed by atoms with Gasteiger partial charge in [0.1, 0.15) is 11.9 Å². The Morgan fingerprint density at radius 2 is 1.57 bits per heavy atom. The molecule has 0 fully saturated rings. The molecule has 0 aliphatic carbocycles. The summed E-state index contributed by atoms with van der Waals surface area (Å²) in [6, 6.07) is 0. The van der Waals surface area contributed by atoms with Crippen molar-refractivity contribution in [2.24, 2.45) is 0 Å². The molecule has 6 heteroatoms. The molecule has 0 saturated carbocycles. The molecule has 0 aliphatic heterocycles. The third-order valence-corrected chi connectivity index (χ3v) is 1.11. The predicted octanol–water partition coefficient (Wildman–Crippen LogP) is -1.23. The Morgan fingerprint density at radius 1 is 1.14 bits per heavy atom. The van der Waals surface area contributed by atoms with E-state index in [0.29, 0.717) is 0 Å². The van der Waals surface area contributed by atoms with Gasteiger partial charge in [-0.2, -0.15) is 0 Å². The summed E-state index contributed by atoms with van der Waals surface area (Å²) < 4.78 is 0. The lowest BCUT2D eigenvalue weighted by atomic mass is 10.2. The topological polar surface area (TPSA) is 115 Å². The zero-order chi connectivity index (χ0) is 11.6. The summed E-state index contributed by atoms with van der Waals surface area (Å²) in [5.74, 6) is -0.993. The Bertz CT molecular complexity index is 149. The van der Waals surface area contributed by atoms with Gasteiger partial charge in [0.25, 0.3) is 0 Å². The normalized spacial score (nSPS) is 9.21. The van der Waals surface area contributed by atoms with Gasteiger partial charge in [0.05, 0.1) is 19.6 Å². The molecule has 0 amide bonds. The summed E-state index contributed by atoms with van der Waals surface area (Å²) in [6.07, 6.45) is -0.852. The molecular formula is C8H16O6. The number of carboxylic acids is 1. The monoisotopic (exact) mass is 208 g/mol. The summed E-state index contributed by atoms with van der Waals surface area (Å²) in [4.78, 5) is 19.8. The van der Waals surface area contributed by atoms with E-state index in [-0.39, 0.29) is 31.8 Å². The van der Waals surface area contributed by atoms with Crippen LogP contribution in [0.15, 0.2) is 0 Å². The van der Waals surface area contributed by atoms with Crippen molar-refractivity contribution in [3.05, 3.63) is 0 Å². The molecule has 0 aliphatic rings. The number of hydrogen-bond donors (Lipinski definition) is 4. The number of ketones is 1. The van der Waals surface area contributed by atoms with Crippen molar-refractivity contribution in [3.63, 3.8) is 0 Å². The minimum atomic E-state index is -0.954. The second-order valence-electron chi connectivity index (χ2n) is 2.61. The van der Waals surface area contributed by atoms with Crippen LogP contribution in [-0.2, 0) is 9.59 Å². The maximum absolute atomic E-state index is 10.1. The number of carbonyl (C=O) groups excluding carboxylic acids is 1. The summed E-state index contributed by atoms with van der Waals surface area (Å²) in [6.45, 7) is 0.649.